The number of ether oxygens (including phenoxy) is 1. The van der Waals surface area contributed by atoms with Crippen LogP contribution < -0.4 is 0 Å². The molecule has 1 atom stereocenters. The number of rotatable bonds is 7. The van der Waals surface area contributed by atoms with Crippen LogP contribution in [0.3, 0.4) is 0 Å². The Kier molecular flexibility index (Phi) is 5.93. The molecule has 130 valence electrons. The lowest BCUT2D eigenvalue weighted by atomic mass is 10.1. The fourth-order valence-electron chi connectivity index (χ4n) is 3.05. The van der Waals surface area contributed by atoms with E-state index in [1.807, 2.05) is 0 Å². The Morgan fingerprint density at radius 2 is 2.17 bits per heavy atom. The smallest absolute Gasteiger partial charge is 0.241 e. The van der Waals surface area contributed by atoms with Crippen LogP contribution in [-0.2, 0) is 11.3 Å². The number of hydrogen-bond donors (Lipinski definition) is 0. The highest BCUT2D eigenvalue weighted by Gasteiger charge is 2.20. The van der Waals surface area contributed by atoms with Gasteiger partial charge in [-0.25, -0.2) is 4.39 Å². The van der Waals surface area contributed by atoms with E-state index < -0.39 is 0 Å². The van der Waals surface area contributed by atoms with Crippen LogP contribution in [0.15, 0.2) is 28.8 Å². The molecule has 1 unspecified atom stereocenters. The highest BCUT2D eigenvalue weighted by molar-refractivity contribution is 5.54. The molecule has 3 rings (SSSR count). The maximum atomic E-state index is 13.8. The number of halogens is 1. The summed E-state index contributed by atoms with van der Waals surface area (Å²) >= 11 is 0. The molecule has 1 aliphatic heterocycles. The van der Waals surface area contributed by atoms with Crippen molar-refractivity contribution >= 4 is 0 Å². The van der Waals surface area contributed by atoms with Gasteiger partial charge in [-0.3, -0.25) is 4.90 Å². The van der Waals surface area contributed by atoms with Crippen molar-refractivity contribution in [3.8, 4) is 11.4 Å². The molecule has 24 heavy (non-hydrogen) atoms. The van der Waals surface area contributed by atoms with Crippen molar-refractivity contribution in [2.75, 3.05) is 19.7 Å². The first kappa shape index (κ1) is 17.0. The molecular formula is C18H24FN3O2. The van der Waals surface area contributed by atoms with Crippen LogP contribution in [0.25, 0.3) is 11.4 Å². The summed E-state index contributed by atoms with van der Waals surface area (Å²) in [5.41, 5.74) is 0.366. The van der Waals surface area contributed by atoms with E-state index in [1.165, 1.54) is 12.5 Å². The van der Waals surface area contributed by atoms with Crippen LogP contribution in [-0.4, -0.2) is 40.8 Å². The quantitative estimate of drug-likeness (QED) is 0.774. The number of nitrogens with zero attached hydrogens (tertiary/aromatic N) is 3. The summed E-state index contributed by atoms with van der Waals surface area (Å²) in [6, 6.07) is 6.46. The SMILES string of the molecule is CCCN(Cc1nc(-c2ccccc2F)no1)CC1CCCCO1. The Balaban J connectivity index is 1.65. The Morgan fingerprint density at radius 3 is 2.92 bits per heavy atom. The predicted octanol–water partition coefficient (Wildman–Crippen LogP) is 3.66. The molecule has 0 radical (unpaired) electrons. The number of benzene rings is 1. The fourth-order valence-corrected chi connectivity index (χ4v) is 3.05. The van der Waals surface area contributed by atoms with Crippen molar-refractivity contribution in [2.24, 2.45) is 0 Å². The number of aromatic nitrogens is 2. The van der Waals surface area contributed by atoms with Crippen LogP contribution in [0.4, 0.5) is 4.39 Å². The standard InChI is InChI=1S/C18H24FN3O2/c1-2-10-22(12-14-7-5-6-11-23-14)13-17-20-18(21-24-17)15-8-3-4-9-16(15)19/h3-4,8-9,14H,2,5-7,10-13H2,1H3. The zero-order valence-corrected chi connectivity index (χ0v) is 14.1. The van der Waals surface area contributed by atoms with E-state index >= 15 is 0 Å². The van der Waals surface area contributed by atoms with Crippen molar-refractivity contribution in [3.05, 3.63) is 36.0 Å². The van der Waals surface area contributed by atoms with Crippen molar-refractivity contribution in [3.63, 3.8) is 0 Å². The molecular weight excluding hydrogens is 309 g/mol. The van der Waals surface area contributed by atoms with Gasteiger partial charge in [-0.05, 0) is 44.4 Å². The van der Waals surface area contributed by atoms with Gasteiger partial charge in [0, 0.05) is 13.2 Å². The van der Waals surface area contributed by atoms with Crippen LogP contribution in [0.5, 0.6) is 0 Å². The van der Waals surface area contributed by atoms with Gasteiger partial charge in [0.2, 0.25) is 11.7 Å². The minimum atomic E-state index is -0.342. The minimum absolute atomic E-state index is 0.277. The average molecular weight is 333 g/mol. The van der Waals surface area contributed by atoms with Gasteiger partial charge in [-0.2, -0.15) is 4.98 Å². The van der Waals surface area contributed by atoms with Gasteiger partial charge in [-0.1, -0.05) is 24.2 Å². The molecule has 1 aromatic carbocycles. The van der Waals surface area contributed by atoms with Gasteiger partial charge in [0.1, 0.15) is 5.82 Å². The largest absolute Gasteiger partial charge is 0.377 e. The highest BCUT2D eigenvalue weighted by Crippen LogP contribution is 2.20. The molecule has 6 heteroatoms. The van der Waals surface area contributed by atoms with E-state index in [2.05, 4.69) is 22.0 Å². The third-order valence-corrected chi connectivity index (χ3v) is 4.22. The lowest BCUT2D eigenvalue weighted by Crippen LogP contribution is -2.36. The Labute approximate surface area is 141 Å². The summed E-state index contributed by atoms with van der Waals surface area (Å²) in [4.78, 5) is 6.63. The maximum Gasteiger partial charge on any atom is 0.241 e. The first-order valence-corrected chi connectivity index (χ1v) is 8.67. The molecule has 0 spiro atoms. The van der Waals surface area contributed by atoms with Gasteiger partial charge in [-0.15, -0.1) is 0 Å². The average Bonchev–Trinajstić information content (AvgIpc) is 3.05. The first-order chi connectivity index (χ1) is 11.8. The van der Waals surface area contributed by atoms with Crippen LogP contribution in [0.1, 0.15) is 38.5 Å². The van der Waals surface area contributed by atoms with E-state index in [0.717, 1.165) is 39.0 Å². The Bertz CT molecular complexity index is 641. The van der Waals surface area contributed by atoms with Crippen LogP contribution in [0.2, 0.25) is 0 Å². The first-order valence-electron chi connectivity index (χ1n) is 8.67. The second-order valence-corrected chi connectivity index (χ2v) is 6.22. The Hall–Kier alpha value is -1.79. The molecule has 0 saturated carbocycles. The van der Waals surface area contributed by atoms with Crippen molar-refractivity contribution < 1.29 is 13.7 Å². The minimum Gasteiger partial charge on any atom is -0.377 e. The van der Waals surface area contributed by atoms with E-state index in [4.69, 9.17) is 9.26 Å². The molecule has 1 aliphatic rings. The summed E-state index contributed by atoms with van der Waals surface area (Å²) in [5, 5.41) is 3.92. The summed E-state index contributed by atoms with van der Waals surface area (Å²) in [6.45, 7) is 5.37. The molecule has 0 N–H and O–H groups in total. The molecule has 1 fully saturated rings. The normalized spacial score (nSPS) is 18.2. The second kappa shape index (κ2) is 8.35. The predicted molar refractivity (Wildman–Crippen MR) is 88.9 cm³/mol. The zero-order chi connectivity index (χ0) is 16.8. The van der Waals surface area contributed by atoms with Gasteiger partial charge in [0.25, 0.3) is 0 Å². The molecule has 0 amide bonds. The number of hydrogen-bond acceptors (Lipinski definition) is 5. The van der Waals surface area contributed by atoms with E-state index in [0.29, 0.717) is 23.8 Å². The molecule has 1 aromatic heterocycles. The molecule has 2 heterocycles. The molecule has 1 saturated heterocycles. The maximum absolute atomic E-state index is 13.8. The van der Waals surface area contributed by atoms with E-state index in [1.54, 1.807) is 18.2 Å². The van der Waals surface area contributed by atoms with Gasteiger partial charge >= 0.3 is 0 Å². The van der Waals surface area contributed by atoms with Crippen LogP contribution in [0, 0.1) is 5.82 Å². The summed E-state index contributed by atoms with van der Waals surface area (Å²) in [7, 11) is 0. The lowest BCUT2D eigenvalue weighted by Gasteiger charge is -2.28. The Morgan fingerprint density at radius 1 is 1.29 bits per heavy atom. The second-order valence-electron chi connectivity index (χ2n) is 6.22. The van der Waals surface area contributed by atoms with E-state index in [9.17, 15) is 4.39 Å². The molecule has 0 bridgehead atoms. The summed E-state index contributed by atoms with van der Waals surface area (Å²) < 4.78 is 25.0. The van der Waals surface area contributed by atoms with Gasteiger partial charge in [0.05, 0.1) is 18.2 Å². The molecule has 5 nitrogen and oxygen atoms in total. The van der Waals surface area contributed by atoms with Crippen molar-refractivity contribution in [2.45, 2.75) is 45.3 Å². The van der Waals surface area contributed by atoms with Gasteiger partial charge in [0.15, 0.2) is 0 Å². The lowest BCUT2D eigenvalue weighted by molar-refractivity contribution is -0.00861. The summed E-state index contributed by atoms with van der Waals surface area (Å²) in [5.74, 6) is 0.469. The third-order valence-electron chi connectivity index (χ3n) is 4.22. The zero-order valence-electron chi connectivity index (χ0n) is 14.1. The fraction of sp³-hybridized carbons (Fsp3) is 0.556. The third kappa shape index (κ3) is 4.39. The van der Waals surface area contributed by atoms with E-state index in [-0.39, 0.29) is 11.9 Å². The topological polar surface area (TPSA) is 51.4 Å². The molecule has 2 aromatic rings. The monoisotopic (exact) mass is 333 g/mol. The summed E-state index contributed by atoms with van der Waals surface area (Å²) in [6.07, 6.45) is 4.80. The highest BCUT2D eigenvalue weighted by atomic mass is 19.1. The van der Waals surface area contributed by atoms with Crippen LogP contribution >= 0.6 is 0 Å². The molecule has 0 aliphatic carbocycles. The van der Waals surface area contributed by atoms with Crippen molar-refractivity contribution in [1.29, 1.82) is 0 Å². The van der Waals surface area contributed by atoms with Crippen molar-refractivity contribution in [1.82, 2.24) is 15.0 Å². The van der Waals surface area contributed by atoms with Gasteiger partial charge < -0.3 is 9.26 Å².